The number of nitrogens with one attached hydrogen (secondary N) is 2. The van der Waals surface area contributed by atoms with Crippen LogP contribution >= 0.6 is 0 Å². The van der Waals surface area contributed by atoms with E-state index in [1.165, 1.54) is 0 Å². The zero-order chi connectivity index (χ0) is 30.1. The lowest BCUT2D eigenvalue weighted by atomic mass is 9.97. The van der Waals surface area contributed by atoms with Crippen molar-refractivity contribution in [2.45, 2.75) is 78.6 Å². The van der Waals surface area contributed by atoms with E-state index < -0.39 is 23.8 Å². The van der Waals surface area contributed by atoms with Gasteiger partial charge in [0.25, 0.3) is 5.91 Å². The SMILES string of the molecule is Cc1cc(C(C(=O)Nc2ccc3ccccc3c2)N(C(=O)C(NC(=O)OC(C)(C)C)C(C)C)C2CC2C)ccc1O. The molecule has 3 aromatic carbocycles. The minimum absolute atomic E-state index is 0.103. The molecule has 0 radical (unpaired) electrons. The molecule has 1 fully saturated rings. The number of fused-ring (bicyclic) bond motifs is 1. The lowest BCUT2D eigenvalue weighted by Crippen LogP contribution is -2.55. The number of ether oxygens (including phenoxy) is 1. The Bertz CT molecular complexity index is 1440. The van der Waals surface area contributed by atoms with Gasteiger partial charge < -0.3 is 25.4 Å². The minimum Gasteiger partial charge on any atom is -0.508 e. The molecule has 8 heteroatoms. The number of hydrogen-bond acceptors (Lipinski definition) is 5. The summed E-state index contributed by atoms with van der Waals surface area (Å²) in [5, 5.41) is 18.0. The van der Waals surface area contributed by atoms with Gasteiger partial charge in [0.2, 0.25) is 5.91 Å². The standard InChI is InChI=1S/C33H41N3O5/c1-19(2)28(35-32(40)41-33(5,6)7)31(39)36(26-17-20(26)3)29(24-13-15-27(37)21(4)16-24)30(38)34-25-14-12-22-10-8-9-11-23(22)18-25/h8-16,18-20,26,28-29,37H,17H2,1-7H3,(H,34,38)(H,35,40). The number of phenols is 1. The van der Waals surface area contributed by atoms with Gasteiger partial charge in [0.1, 0.15) is 23.4 Å². The molecule has 41 heavy (non-hydrogen) atoms. The first-order valence-corrected chi connectivity index (χ1v) is 14.2. The molecule has 0 aliphatic heterocycles. The maximum absolute atomic E-state index is 14.3. The number of benzene rings is 3. The first-order valence-electron chi connectivity index (χ1n) is 14.2. The Morgan fingerprint density at radius 2 is 1.66 bits per heavy atom. The van der Waals surface area contributed by atoms with E-state index in [1.807, 2.05) is 63.2 Å². The summed E-state index contributed by atoms with van der Waals surface area (Å²) in [4.78, 5) is 42.9. The van der Waals surface area contributed by atoms with Gasteiger partial charge in [-0.15, -0.1) is 0 Å². The van der Waals surface area contributed by atoms with Crippen LogP contribution in [0.4, 0.5) is 10.5 Å². The Balaban J connectivity index is 1.73. The molecule has 4 rings (SSSR count). The summed E-state index contributed by atoms with van der Waals surface area (Å²) in [7, 11) is 0. The molecular weight excluding hydrogens is 518 g/mol. The predicted octanol–water partition coefficient (Wildman–Crippen LogP) is 6.32. The van der Waals surface area contributed by atoms with Gasteiger partial charge in [-0.3, -0.25) is 9.59 Å². The Morgan fingerprint density at radius 3 is 2.24 bits per heavy atom. The number of nitrogens with zero attached hydrogens (tertiary/aromatic N) is 1. The Labute approximate surface area is 242 Å². The first kappa shape index (κ1) is 29.9. The quantitative estimate of drug-likeness (QED) is 0.299. The predicted molar refractivity (Wildman–Crippen MR) is 161 cm³/mol. The van der Waals surface area contributed by atoms with Crippen molar-refractivity contribution in [1.82, 2.24) is 10.2 Å². The topological polar surface area (TPSA) is 108 Å². The summed E-state index contributed by atoms with van der Waals surface area (Å²) in [6.07, 6.45) is 0.0470. The van der Waals surface area contributed by atoms with Crippen molar-refractivity contribution >= 4 is 34.4 Å². The van der Waals surface area contributed by atoms with Crippen molar-refractivity contribution in [3.05, 3.63) is 71.8 Å². The molecule has 4 unspecified atom stereocenters. The molecule has 3 amide bonds. The zero-order valence-electron chi connectivity index (χ0n) is 24.9. The van der Waals surface area contributed by atoms with Crippen LogP contribution in [0.3, 0.4) is 0 Å². The second-order valence-corrected chi connectivity index (χ2v) is 12.4. The number of alkyl carbamates (subject to hydrolysis) is 1. The molecule has 0 saturated heterocycles. The van der Waals surface area contributed by atoms with Crippen molar-refractivity contribution < 1.29 is 24.2 Å². The molecule has 3 N–H and O–H groups in total. The second kappa shape index (κ2) is 11.8. The third-order valence-corrected chi connectivity index (χ3v) is 7.36. The molecule has 4 atom stereocenters. The molecule has 1 aliphatic carbocycles. The summed E-state index contributed by atoms with van der Waals surface area (Å²) < 4.78 is 5.45. The fourth-order valence-electron chi connectivity index (χ4n) is 5.05. The van der Waals surface area contributed by atoms with Crippen molar-refractivity contribution in [1.29, 1.82) is 0 Å². The summed E-state index contributed by atoms with van der Waals surface area (Å²) in [5.74, 6) is -0.714. The van der Waals surface area contributed by atoms with Gasteiger partial charge in [-0.25, -0.2) is 4.79 Å². The van der Waals surface area contributed by atoms with Crippen molar-refractivity contribution in [3.8, 4) is 5.75 Å². The van der Waals surface area contributed by atoms with E-state index in [0.717, 1.165) is 17.2 Å². The van der Waals surface area contributed by atoms with Crippen LogP contribution in [0.25, 0.3) is 10.8 Å². The van der Waals surface area contributed by atoms with Gasteiger partial charge in [-0.2, -0.15) is 0 Å². The fourth-order valence-corrected chi connectivity index (χ4v) is 5.05. The van der Waals surface area contributed by atoms with Crippen LogP contribution in [0, 0.1) is 18.8 Å². The van der Waals surface area contributed by atoms with Gasteiger partial charge in [0, 0.05) is 11.7 Å². The maximum Gasteiger partial charge on any atom is 0.408 e. The van der Waals surface area contributed by atoms with Crippen LogP contribution in [-0.2, 0) is 14.3 Å². The van der Waals surface area contributed by atoms with E-state index in [-0.39, 0.29) is 35.4 Å². The first-order chi connectivity index (χ1) is 19.2. The number of anilines is 1. The van der Waals surface area contributed by atoms with E-state index in [2.05, 4.69) is 10.6 Å². The van der Waals surface area contributed by atoms with E-state index in [4.69, 9.17) is 4.74 Å². The summed E-state index contributed by atoms with van der Waals surface area (Å²) in [5.41, 5.74) is 1.05. The van der Waals surface area contributed by atoms with Crippen molar-refractivity contribution in [3.63, 3.8) is 0 Å². The highest BCUT2D eigenvalue weighted by molar-refractivity contribution is 6.00. The third-order valence-electron chi connectivity index (χ3n) is 7.36. The highest BCUT2D eigenvalue weighted by atomic mass is 16.6. The summed E-state index contributed by atoms with van der Waals surface area (Å²) >= 11 is 0. The monoisotopic (exact) mass is 559 g/mol. The molecule has 0 heterocycles. The van der Waals surface area contributed by atoms with Crippen LogP contribution in [-0.4, -0.2) is 45.6 Å². The number of carbonyl (C=O) groups excluding carboxylic acids is 3. The summed E-state index contributed by atoms with van der Waals surface area (Å²) in [6, 6.07) is 16.4. The number of phenolic OH excluding ortho intramolecular Hbond substituents is 1. The van der Waals surface area contributed by atoms with Crippen LogP contribution in [0.1, 0.15) is 65.1 Å². The van der Waals surface area contributed by atoms with Gasteiger partial charge in [-0.1, -0.05) is 57.2 Å². The normalized spacial score (nSPS) is 18.0. The Kier molecular flexibility index (Phi) is 8.61. The number of carbonyl (C=O) groups is 3. The number of aromatic hydroxyl groups is 1. The lowest BCUT2D eigenvalue weighted by Gasteiger charge is -2.36. The van der Waals surface area contributed by atoms with Crippen LogP contribution in [0.5, 0.6) is 5.75 Å². The van der Waals surface area contributed by atoms with Gasteiger partial charge in [0.05, 0.1) is 0 Å². The molecule has 1 saturated carbocycles. The molecule has 1 aliphatic rings. The van der Waals surface area contributed by atoms with E-state index in [9.17, 15) is 19.5 Å². The molecule has 0 aromatic heterocycles. The van der Waals surface area contributed by atoms with Gasteiger partial charge >= 0.3 is 6.09 Å². The van der Waals surface area contributed by atoms with Gasteiger partial charge in [0.15, 0.2) is 0 Å². The van der Waals surface area contributed by atoms with Crippen LogP contribution < -0.4 is 10.6 Å². The van der Waals surface area contributed by atoms with Crippen LogP contribution in [0.15, 0.2) is 60.7 Å². The highest BCUT2D eigenvalue weighted by Gasteiger charge is 2.48. The third kappa shape index (κ3) is 7.17. The fraction of sp³-hybridized carbons (Fsp3) is 0.424. The Morgan fingerprint density at radius 1 is 1.00 bits per heavy atom. The lowest BCUT2D eigenvalue weighted by molar-refractivity contribution is -0.142. The van der Waals surface area contributed by atoms with E-state index >= 15 is 0 Å². The van der Waals surface area contributed by atoms with Crippen LogP contribution in [0.2, 0.25) is 0 Å². The number of aryl methyl sites for hydroxylation is 1. The van der Waals surface area contributed by atoms with E-state index in [0.29, 0.717) is 16.8 Å². The minimum atomic E-state index is -0.995. The zero-order valence-corrected chi connectivity index (χ0v) is 24.9. The smallest absolute Gasteiger partial charge is 0.408 e. The largest absolute Gasteiger partial charge is 0.508 e. The van der Waals surface area contributed by atoms with Crippen molar-refractivity contribution in [2.24, 2.45) is 11.8 Å². The molecule has 3 aromatic rings. The van der Waals surface area contributed by atoms with Crippen molar-refractivity contribution in [2.75, 3.05) is 5.32 Å². The Hall–Kier alpha value is -4.07. The average Bonchev–Trinajstić information content (AvgIpc) is 3.61. The van der Waals surface area contributed by atoms with Gasteiger partial charge in [-0.05, 0) is 92.1 Å². The average molecular weight is 560 g/mol. The number of rotatable bonds is 8. The molecule has 0 spiro atoms. The number of amides is 3. The molecule has 0 bridgehead atoms. The maximum atomic E-state index is 14.3. The summed E-state index contributed by atoms with van der Waals surface area (Å²) in [6.45, 7) is 12.8. The molecule has 218 valence electrons. The van der Waals surface area contributed by atoms with E-state index in [1.54, 1.807) is 50.8 Å². The molecule has 8 nitrogen and oxygen atoms in total. The highest BCUT2D eigenvalue weighted by Crippen LogP contribution is 2.42. The molecular formula is C33H41N3O5. The second-order valence-electron chi connectivity index (χ2n) is 12.4. The number of hydrogen-bond donors (Lipinski definition) is 3.